The van der Waals surface area contributed by atoms with Crippen molar-refractivity contribution in [3.8, 4) is 0 Å². The van der Waals surface area contributed by atoms with Gasteiger partial charge >= 0.3 is 0 Å². The number of nitrogens with zero attached hydrogens (tertiary/aromatic N) is 1. The summed E-state index contributed by atoms with van der Waals surface area (Å²) in [5, 5.41) is 7.09. The van der Waals surface area contributed by atoms with Crippen LogP contribution in [0, 0.1) is 11.8 Å². The van der Waals surface area contributed by atoms with E-state index in [1.165, 1.54) is 0 Å². The summed E-state index contributed by atoms with van der Waals surface area (Å²) in [4.78, 5) is 45.8. The smallest absolute Gasteiger partial charge is 0.255 e. The van der Waals surface area contributed by atoms with Crippen molar-refractivity contribution in [1.29, 1.82) is 0 Å². The number of hydrogen-bond acceptors (Lipinski definition) is 3. The standard InChI is InChI=1S/C30H36N4O3/c1-17(2)13-14-31-28(35)24(15-18(3)4)33-29(36)25-16-22-19-9-7-8-12-23(19)32-26(22)27-20-10-5-6-11-21(20)30(37)34(25)27/h5-12,17-18,24-25,27,32H,13-16H2,1-4H3,(H,31,35)(H,33,36). The van der Waals surface area contributed by atoms with Crippen LogP contribution < -0.4 is 10.6 Å². The topological polar surface area (TPSA) is 94.3 Å². The maximum atomic E-state index is 13.9. The van der Waals surface area contributed by atoms with E-state index in [-0.39, 0.29) is 29.7 Å². The lowest BCUT2D eigenvalue weighted by atomic mass is 9.89. The van der Waals surface area contributed by atoms with Gasteiger partial charge in [0.15, 0.2) is 0 Å². The summed E-state index contributed by atoms with van der Waals surface area (Å²) in [5.41, 5.74) is 4.55. The van der Waals surface area contributed by atoms with E-state index < -0.39 is 12.1 Å². The molecule has 3 unspecified atom stereocenters. The van der Waals surface area contributed by atoms with E-state index in [1.54, 1.807) is 4.90 Å². The molecule has 3 heterocycles. The number of carbonyl (C=O) groups excluding carboxylic acids is 3. The summed E-state index contributed by atoms with van der Waals surface area (Å²) < 4.78 is 0. The van der Waals surface area contributed by atoms with E-state index in [0.717, 1.165) is 34.1 Å². The zero-order chi connectivity index (χ0) is 26.3. The first kappa shape index (κ1) is 25.1. The number of fused-ring (bicyclic) bond motifs is 7. The fraction of sp³-hybridized carbons (Fsp3) is 0.433. The molecule has 3 amide bonds. The van der Waals surface area contributed by atoms with Gasteiger partial charge in [0.25, 0.3) is 5.91 Å². The van der Waals surface area contributed by atoms with Crippen LogP contribution in [0.25, 0.3) is 10.9 Å². The van der Waals surface area contributed by atoms with E-state index in [4.69, 9.17) is 0 Å². The molecule has 7 nitrogen and oxygen atoms in total. The average Bonchev–Trinajstić information content (AvgIpc) is 3.38. The Labute approximate surface area is 218 Å². The Morgan fingerprint density at radius 2 is 1.76 bits per heavy atom. The highest BCUT2D eigenvalue weighted by molar-refractivity contribution is 6.04. The Kier molecular flexibility index (Phi) is 6.80. The first-order chi connectivity index (χ1) is 17.8. The zero-order valence-corrected chi connectivity index (χ0v) is 22.0. The number of rotatable bonds is 8. The van der Waals surface area contributed by atoms with Gasteiger partial charge in [0.2, 0.25) is 11.8 Å². The highest BCUT2D eigenvalue weighted by Gasteiger charge is 2.49. The SMILES string of the molecule is CC(C)CCNC(=O)C(CC(C)C)NC(=O)C1Cc2c([nH]c3ccccc23)C2c3ccccc3C(=O)N12. The molecule has 3 atom stereocenters. The molecular weight excluding hydrogens is 464 g/mol. The van der Waals surface area contributed by atoms with E-state index in [1.807, 2.05) is 56.3 Å². The molecule has 3 N–H and O–H groups in total. The molecule has 0 saturated carbocycles. The number of carbonyl (C=O) groups is 3. The Bertz CT molecular complexity index is 1340. The van der Waals surface area contributed by atoms with Crippen molar-refractivity contribution in [3.63, 3.8) is 0 Å². The number of H-pyrrole nitrogens is 1. The molecule has 1 aromatic heterocycles. The second kappa shape index (κ2) is 10.0. The summed E-state index contributed by atoms with van der Waals surface area (Å²) in [6.07, 6.45) is 1.80. The first-order valence-electron chi connectivity index (χ1n) is 13.3. The van der Waals surface area contributed by atoms with E-state index in [2.05, 4.69) is 35.5 Å². The summed E-state index contributed by atoms with van der Waals surface area (Å²) >= 11 is 0. The number of aromatic amines is 1. The first-order valence-corrected chi connectivity index (χ1v) is 13.3. The average molecular weight is 501 g/mol. The number of aromatic nitrogens is 1. The summed E-state index contributed by atoms with van der Waals surface area (Å²) in [6.45, 7) is 8.88. The van der Waals surface area contributed by atoms with Crippen LogP contribution in [0.2, 0.25) is 0 Å². The minimum atomic E-state index is -0.713. The summed E-state index contributed by atoms with van der Waals surface area (Å²) in [6, 6.07) is 13.9. The summed E-state index contributed by atoms with van der Waals surface area (Å²) in [5.74, 6) is 0.0985. The van der Waals surface area contributed by atoms with Crippen LogP contribution in [0.15, 0.2) is 48.5 Å². The quantitative estimate of drug-likeness (QED) is 0.430. The molecule has 2 aliphatic heterocycles. The van der Waals surface area contributed by atoms with Gasteiger partial charge in [-0.2, -0.15) is 0 Å². The van der Waals surface area contributed by atoms with Gasteiger partial charge in [0.1, 0.15) is 12.1 Å². The van der Waals surface area contributed by atoms with E-state index in [0.29, 0.717) is 30.9 Å². The molecule has 0 bridgehead atoms. The van der Waals surface area contributed by atoms with Gasteiger partial charge in [-0.3, -0.25) is 14.4 Å². The van der Waals surface area contributed by atoms with Crippen molar-refractivity contribution in [2.75, 3.05) is 6.54 Å². The van der Waals surface area contributed by atoms with Crippen molar-refractivity contribution in [1.82, 2.24) is 20.5 Å². The largest absolute Gasteiger partial charge is 0.356 e. The fourth-order valence-electron chi connectivity index (χ4n) is 5.72. The Balaban J connectivity index is 1.48. The zero-order valence-electron chi connectivity index (χ0n) is 22.0. The van der Waals surface area contributed by atoms with Crippen molar-refractivity contribution < 1.29 is 14.4 Å². The van der Waals surface area contributed by atoms with Crippen molar-refractivity contribution >= 4 is 28.6 Å². The van der Waals surface area contributed by atoms with E-state index in [9.17, 15) is 14.4 Å². The molecule has 0 spiro atoms. The highest BCUT2D eigenvalue weighted by Crippen LogP contribution is 2.46. The van der Waals surface area contributed by atoms with Gasteiger partial charge in [-0.1, -0.05) is 64.1 Å². The summed E-state index contributed by atoms with van der Waals surface area (Å²) in [7, 11) is 0. The maximum absolute atomic E-state index is 13.9. The molecule has 3 aromatic rings. The molecular formula is C30H36N4O3. The van der Waals surface area contributed by atoms with Gasteiger partial charge in [-0.15, -0.1) is 0 Å². The predicted octanol–water partition coefficient (Wildman–Crippen LogP) is 4.33. The minimum absolute atomic E-state index is 0.146. The van der Waals surface area contributed by atoms with Gasteiger partial charge in [0, 0.05) is 35.1 Å². The third kappa shape index (κ3) is 4.63. The Morgan fingerprint density at radius 1 is 1.03 bits per heavy atom. The third-order valence-corrected chi connectivity index (χ3v) is 7.52. The molecule has 2 aromatic carbocycles. The molecule has 7 heteroatoms. The van der Waals surface area contributed by atoms with Crippen molar-refractivity contribution in [3.05, 3.63) is 70.9 Å². The van der Waals surface area contributed by atoms with Crippen molar-refractivity contribution in [2.45, 2.75) is 65.1 Å². The third-order valence-electron chi connectivity index (χ3n) is 7.52. The monoisotopic (exact) mass is 500 g/mol. The lowest BCUT2D eigenvalue weighted by Gasteiger charge is -2.37. The van der Waals surface area contributed by atoms with Crippen LogP contribution in [0.1, 0.15) is 73.8 Å². The van der Waals surface area contributed by atoms with Crippen LogP contribution in [-0.2, 0) is 16.0 Å². The fourth-order valence-corrected chi connectivity index (χ4v) is 5.72. The molecule has 5 rings (SSSR count). The predicted molar refractivity (Wildman–Crippen MR) is 144 cm³/mol. The number of amides is 3. The molecule has 0 saturated heterocycles. The highest BCUT2D eigenvalue weighted by atomic mass is 16.2. The van der Waals surface area contributed by atoms with Crippen LogP contribution in [-0.4, -0.2) is 46.2 Å². The molecule has 0 aliphatic carbocycles. The molecule has 0 fully saturated rings. The number of benzene rings is 2. The maximum Gasteiger partial charge on any atom is 0.255 e. The minimum Gasteiger partial charge on any atom is -0.356 e. The normalized spacial score (nSPS) is 19.1. The van der Waals surface area contributed by atoms with Crippen LogP contribution in [0.3, 0.4) is 0 Å². The van der Waals surface area contributed by atoms with Crippen LogP contribution >= 0.6 is 0 Å². The second-order valence-corrected chi connectivity index (χ2v) is 11.1. The lowest BCUT2D eigenvalue weighted by Crippen LogP contribution is -2.56. The van der Waals surface area contributed by atoms with Crippen LogP contribution in [0.4, 0.5) is 0 Å². The number of nitrogens with one attached hydrogen (secondary N) is 3. The lowest BCUT2D eigenvalue weighted by molar-refractivity contribution is -0.132. The van der Waals surface area contributed by atoms with Crippen molar-refractivity contribution in [2.24, 2.45) is 11.8 Å². The van der Waals surface area contributed by atoms with Gasteiger partial charge < -0.3 is 20.5 Å². The molecule has 37 heavy (non-hydrogen) atoms. The molecule has 194 valence electrons. The molecule has 0 radical (unpaired) electrons. The number of hydrogen-bond donors (Lipinski definition) is 3. The van der Waals surface area contributed by atoms with Crippen LogP contribution in [0.5, 0.6) is 0 Å². The van der Waals surface area contributed by atoms with Gasteiger partial charge in [0.05, 0.1) is 6.04 Å². The van der Waals surface area contributed by atoms with Gasteiger partial charge in [-0.25, -0.2) is 0 Å². The van der Waals surface area contributed by atoms with Gasteiger partial charge in [-0.05, 0) is 47.9 Å². The molecule has 2 aliphatic rings. The Hall–Kier alpha value is -3.61. The number of para-hydroxylation sites is 1. The Morgan fingerprint density at radius 3 is 2.51 bits per heavy atom. The second-order valence-electron chi connectivity index (χ2n) is 11.1. The van der Waals surface area contributed by atoms with E-state index >= 15 is 0 Å².